The van der Waals surface area contributed by atoms with Gasteiger partial charge in [-0.25, -0.2) is 9.48 Å². The molecule has 7 heteroatoms. The number of fused-ring (bicyclic) bond motifs is 3. The van der Waals surface area contributed by atoms with Crippen LogP contribution in [0.4, 0.5) is 0 Å². The third kappa shape index (κ3) is 4.30. The highest BCUT2D eigenvalue weighted by Gasteiger charge is 2.36. The Hall–Kier alpha value is -3.03. The molecule has 7 nitrogen and oxygen atoms in total. The molecule has 0 aliphatic heterocycles. The average Bonchev–Trinajstić information content (AvgIpc) is 3.55. The molecule has 4 N–H and O–H groups in total. The van der Waals surface area contributed by atoms with E-state index < -0.39 is 17.7 Å². The second-order valence-electron chi connectivity index (χ2n) is 9.99. The Bertz CT molecular complexity index is 1200. The molecule has 2 aromatic heterocycles. The lowest BCUT2D eigenvalue weighted by atomic mass is 9.89. The molecule has 0 spiro atoms. The molecule has 1 fully saturated rings. The molecule has 1 atom stereocenters. The molecule has 2 aliphatic carbocycles. The van der Waals surface area contributed by atoms with Gasteiger partial charge in [-0.1, -0.05) is 24.3 Å². The van der Waals surface area contributed by atoms with E-state index in [0.717, 1.165) is 59.3 Å². The maximum atomic E-state index is 12.1. The molecule has 1 unspecified atom stereocenters. The van der Waals surface area contributed by atoms with Gasteiger partial charge in [0, 0.05) is 22.9 Å². The molecule has 5 rings (SSSR count). The van der Waals surface area contributed by atoms with Crippen molar-refractivity contribution in [2.24, 2.45) is 11.7 Å². The highest BCUT2D eigenvalue weighted by Crippen LogP contribution is 2.41. The lowest BCUT2D eigenvalue weighted by Gasteiger charge is -2.17. The minimum absolute atomic E-state index is 0.226. The number of hydrogen-bond donors (Lipinski definition) is 3. The van der Waals surface area contributed by atoms with Crippen LogP contribution in [0, 0.1) is 5.92 Å². The first-order valence-electron chi connectivity index (χ1n) is 11.6. The van der Waals surface area contributed by atoms with Crippen LogP contribution in [0.25, 0.3) is 22.5 Å². The van der Waals surface area contributed by atoms with E-state index in [1.54, 1.807) is 0 Å². The lowest BCUT2D eigenvalue weighted by molar-refractivity contribution is 0.0676. The van der Waals surface area contributed by atoms with Gasteiger partial charge in [0.15, 0.2) is 5.69 Å². The number of aryl methyl sites for hydroxylation is 2. The minimum atomic E-state index is -0.973. The van der Waals surface area contributed by atoms with E-state index >= 15 is 0 Å². The highest BCUT2D eigenvalue weighted by molar-refractivity contribution is 5.91. The van der Waals surface area contributed by atoms with Crippen molar-refractivity contribution in [2.75, 3.05) is 0 Å². The Labute approximate surface area is 193 Å². The number of nitrogens with two attached hydrogens (primary N) is 1. The van der Waals surface area contributed by atoms with Gasteiger partial charge in [-0.3, -0.25) is 4.98 Å². The summed E-state index contributed by atoms with van der Waals surface area (Å²) in [5, 5.41) is 24.6. The van der Waals surface area contributed by atoms with Gasteiger partial charge >= 0.3 is 5.97 Å². The smallest absolute Gasteiger partial charge is 0.354 e. The summed E-state index contributed by atoms with van der Waals surface area (Å²) < 4.78 is 1.54. The van der Waals surface area contributed by atoms with E-state index in [2.05, 4.69) is 17.1 Å². The maximum Gasteiger partial charge on any atom is 0.354 e. The average molecular weight is 447 g/mol. The molecule has 1 aromatic carbocycles. The van der Waals surface area contributed by atoms with Crippen LogP contribution in [0.5, 0.6) is 0 Å². The standard InChI is InChI=1S/C26H30N4O3/c1-26(2,33)12-11-15-3-5-16(6-4-15)21-13-20-18(14-28-21)9-10-19-22(20)29-30(23(19)25(31)32)24(27)17-7-8-17/h3-6,13-14,17,24,33H,7-12,27H2,1-2H3,(H,31,32). The number of hydrogen-bond acceptors (Lipinski definition) is 5. The van der Waals surface area contributed by atoms with Gasteiger partial charge < -0.3 is 15.9 Å². The summed E-state index contributed by atoms with van der Waals surface area (Å²) in [4.78, 5) is 16.8. The molecular weight excluding hydrogens is 416 g/mol. The third-order valence-corrected chi connectivity index (χ3v) is 6.76. The fourth-order valence-electron chi connectivity index (χ4n) is 4.62. The number of carboxylic acid groups (broad SMARTS) is 1. The summed E-state index contributed by atoms with van der Waals surface area (Å²) in [6, 6.07) is 10.2. The van der Waals surface area contributed by atoms with Crippen LogP contribution >= 0.6 is 0 Å². The number of carboxylic acids is 1. The van der Waals surface area contributed by atoms with Crippen molar-refractivity contribution in [3.8, 4) is 22.5 Å². The number of rotatable bonds is 7. The molecule has 1 saturated carbocycles. The molecule has 2 aliphatic rings. The number of carbonyl (C=O) groups is 1. The summed E-state index contributed by atoms with van der Waals surface area (Å²) in [6.07, 6.45) is 6.38. The van der Waals surface area contributed by atoms with Crippen LogP contribution in [0.15, 0.2) is 36.5 Å². The van der Waals surface area contributed by atoms with Crippen molar-refractivity contribution in [2.45, 2.75) is 64.1 Å². The molecule has 0 saturated heterocycles. The van der Waals surface area contributed by atoms with Crippen molar-refractivity contribution < 1.29 is 15.0 Å². The second-order valence-corrected chi connectivity index (χ2v) is 9.99. The Morgan fingerprint density at radius 2 is 1.97 bits per heavy atom. The quantitative estimate of drug-likeness (QED) is 0.506. The van der Waals surface area contributed by atoms with E-state index in [1.807, 2.05) is 38.2 Å². The molecule has 2 heterocycles. The lowest BCUT2D eigenvalue weighted by Crippen LogP contribution is -2.25. The van der Waals surface area contributed by atoms with Crippen LogP contribution in [0.3, 0.4) is 0 Å². The predicted octanol–water partition coefficient (Wildman–Crippen LogP) is 3.98. The van der Waals surface area contributed by atoms with Gasteiger partial charge in [-0.2, -0.15) is 5.10 Å². The number of nitrogens with zero attached hydrogens (tertiary/aromatic N) is 3. The van der Waals surface area contributed by atoms with Crippen molar-refractivity contribution >= 4 is 5.97 Å². The zero-order valence-corrected chi connectivity index (χ0v) is 19.1. The predicted molar refractivity (Wildman–Crippen MR) is 126 cm³/mol. The molecule has 172 valence electrons. The van der Waals surface area contributed by atoms with E-state index in [4.69, 9.17) is 10.8 Å². The topological polar surface area (TPSA) is 114 Å². The monoisotopic (exact) mass is 446 g/mol. The maximum absolute atomic E-state index is 12.1. The number of aromatic nitrogens is 3. The molecule has 3 aromatic rings. The Morgan fingerprint density at radius 1 is 1.24 bits per heavy atom. The van der Waals surface area contributed by atoms with Crippen LogP contribution in [0.1, 0.15) is 66.5 Å². The first kappa shape index (κ1) is 21.8. The fraction of sp³-hybridized carbons (Fsp3) is 0.423. The zero-order chi connectivity index (χ0) is 23.3. The van der Waals surface area contributed by atoms with Crippen molar-refractivity contribution in [1.82, 2.24) is 14.8 Å². The highest BCUT2D eigenvalue weighted by atomic mass is 16.4. The fourth-order valence-corrected chi connectivity index (χ4v) is 4.62. The number of benzene rings is 1. The molecular formula is C26H30N4O3. The first-order chi connectivity index (χ1) is 15.7. The SMILES string of the molecule is CC(C)(O)CCc1ccc(-c2cc3c(cn2)CCc2c-3nn(C(N)C3CC3)c2C(=O)O)cc1. The normalized spacial score (nSPS) is 16.2. The largest absolute Gasteiger partial charge is 0.477 e. The van der Waals surface area contributed by atoms with E-state index in [-0.39, 0.29) is 5.69 Å². The summed E-state index contributed by atoms with van der Waals surface area (Å²) in [5.74, 6) is -0.675. The van der Waals surface area contributed by atoms with Crippen LogP contribution in [-0.2, 0) is 19.3 Å². The van der Waals surface area contributed by atoms with E-state index in [1.165, 1.54) is 10.2 Å². The number of aliphatic hydroxyl groups is 1. The van der Waals surface area contributed by atoms with Gasteiger partial charge in [0.2, 0.25) is 0 Å². The summed E-state index contributed by atoms with van der Waals surface area (Å²) in [7, 11) is 0. The third-order valence-electron chi connectivity index (χ3n) is 6.76. The summed E-state index contributed by atoms with van der Waals surface area (Å²) in [6.45, 7) is 3.64. The van der Waals surface area contributed by atoms with Gasteiger partial charge in [0.25, 0.3) is 0 Å². The molecule has 33 heavy (non-hydrogen) atoms. The first-order valence-corrected chi connectivity index (χ1v) is 11.6. The van der Waals surface area contributed by atoms with Crippen LogP contribution < -0.4 is 5.73 Å². The van der Waals surface area contributed by atoms with Crippen molar-refractivity contribution in [3.63, 3.8) is 0 Å². The Kier molecular flexibility index (Phi) is 5.34. The van der Waals surface area contributed by atoms with Gasteiger partial charge in [0.1, 0.15) is 6.17 Å². The summed E-state index contributed by atoms with van der Waals surface area (Å²) >= 11 is 0. The van der Waals surface area contributed by atoms with Gasteiger partial charge in [0.05, 0.1) is 17.0 Å². The van der Waals surface area contributed by atoms with Crippen molar-refractivity contribution in [1.29, 1.82) is 0 Å². The van der Waals surface area contributed by atoms with Crippen LogP contribution in [-0.4, -0.2) is 36.5 Å². The molecule has 0 radical (unpaired) electrons. The Morgan fingerprint density at radius 3 is 2.61 bits per heavy atom. The molecule has 0 bridgehead atoms. The van der Waals surface area contributed by atoms with Crippen molar-refractivity contribution in [3.05, 3.63) is 58.9 Å². The number of pyridine rings is 1. The van der Waals surface area contributed by atoms with Gasteiger partial charge in [-0.15, -0.1) is 0 Å². The second kappa shape index (κ2) is 8.08. The van der Waals surface area contributed by atoms with Crippen LogP contribution in [0.2, 0.25) is 0 Å². The summed E-state index contributed by atoms with van der Waals surface area (Å²) in [5.41, 5.74) is 12.4. The van der Waals surface area contributed by atoms with Gasteiger partial charge in [-0.05, 0) is 75.5 Å². The molecule has 0 amide bonds. The van der Waals surface area contributed by atoms with E-state index in [9.17, 15) is 15.0 Å². The number of aromatic carboxylic acids is 1. The Balaban J connectivity index is 1.49. The van der Waals surface area contributed by atoms with E-state index in [0.29, 0.717) is 18.8 Å². The minimum Gasteiger partial charge on any atom is -0.477 e. The zero-order valence-electron chi connectivity index (χ0n) is 19.1.